The maximum Gasteiger partial charge on any atom is 0.423 e. The highest BCUT2D eigenvalue weighted by atomic mass is 16.4. The third-order valence-corrected chi connectivity index (χ3v) is 14.0. The second-order valence-corrected chi connectivity index (χ2v) is 17.0. The maximum absolute atomic E-state index is 12.3. The summed E-state index contributed by atoms with van der Waals surface area (Å²) in [7, 11) is 0. The number of hydrogen-bond acceptors (Lipinski definition) is 4. The summed E-state index contributed by atoms with van der Waals surface area (Å²) < 4.78 is 9.66. The van der Waals surface area contributed by atoms with Gasteiger partial charge in [-0.2, -0.15) is 4.57 Å². The van der Waals surface area contributed by atoms with Crippen LogP contribution in [0.25, 0.3) is 59.4 Å². The highest BCUT2D eigenvalue weighted by Crippen LogP contribution is 2.54. The van der Waals surface area contributed by atoms with Crippen LogP contribution >= 0.6 is 0 Å². The van der Waals surface area contributed by atoms with Crippen molar-refractivity contribution in [1.82, 2.24) is 9.13 Å². The molecule has 8 aromatic carbocycles. The molecule has 0 aliphatic carbocycles. The van der Waals surface area contributed by atoms with Crippen LogP contribution in [0.3, 0.4) is 0 Å². The molecule has 0 amide bonds. The molecule has 1 N–H and O–H groups in total. The molecule has 9 nitrogen and oxygen atoms in total. The normalized spacial score (nSPS) is 18.0. The van der Waals surface area contributed by atoms with E-state index in [4.69, 9.17) is 15.0 Å². The number of aromatic carboxylic acids is 1. The first-order valence-electron chi connectivity index (χ1n) is 20.8. The molecule has 0 saturated heterocycles. The van der Waals surface area contributed by atoms with Crippen molar-refractivity contribution < 1.29 is 19.1 Å². The zero-order valence-electron chi connectivity index (χ0n) is 32.5. The Morgan fingerprint density at radius 3 is 1.63 bits per heavy atom. The van der Waals surface area contributed by atoms with Crippen LogP contribution in [0.5, 0.6) is 0 Å². The molecule has 9 heteroatoms. The fraction of sp³-hybridized carbons (Fsp3) is 0.0189. The topological polar surface area (TPSA) is 90.3 Å². The van der Waals surface area contributed by atoms with Gasteiger partial charge in [-0.15, -0.1) is 9.15 Å². The Morgan fingerprint density at radius 2 is 1.02 bits per heavy atom. The highest BCUT2D eigenvalue weighted by Gasteiger charge is 2.70. The van der Waals surface area contributed by atoms with E-state index in [1.54, 1.807) is 12.1 Å². The number of carboxylic acid groups (broad SMARTS) is 1. The van der Waals surface area contributed by atoms with Gasteiger partial charge in [0.05, 0.1) is 38.6 Å². The van der Waals surface area contributed by atoms with Gasteiger partial charge < -0.3 is 5.11 Å². The fourth-order valence-corrected chi connectivity index (χ4v) is 11.5. The second kappa shape index (κ2) is 10.2. The van der Waals surface area contributed by atoms with E-state index in [-0.39, 0.29) is 5.56 Å². The van der Waals surface area contributed by atoms with E-state index in [2.05, 4.69) is 152 Å². The molecular weight excluding hydrogens is 767 g/mol. The van der Waals surface area contributed by atoms with Crippen LogP contribution in [0.15, 0.2) is 173 Å². The summed E-state index contributed by atoms with van der Waals surface area (Å²) >= 11 is 0. The SMILES string of the molecule is O=C(O)c1ccc(C2=c3c4cc5ccccc5cc4c4n3C35n6c(c7cc8ccccc8cc7c6N=C6c7ccccc7C2=[N+]63)N=C2c3cc6ccccc6cc3C(=[N+]25)N=4)cc1. The van der Waals surface area contributed by atoms with Crippen molar-refractivity contribution in [1.29, 1.82) is 0 Å². The van der Waals surface area contributed by atoms with Crippen molar-refractivity contribution in [3.8, 4) is 0 Å². The molecule has 2 aromatic heterocycles. The van der Waals surface area contributed by atoms with E-state index >= 15 is 0 Å². The van der Waals surface area contributed by atoms with E-state index in [1.165, 1.54) is 0 Å². The molecule has 284 valence electrons. The standard InChI is InChI=1S/C53H26N7O2/c61-52(62)28-19-17-27(18-20-28)43-44-35-15-7-8-16-36(35)46-54-48-39-23-31-11-3-5-13-33(31)25-41(39)50-56-51-42-26-34-14-6-4-12-32(34)24-40(42)49-55-47-38-22-30-10-2-1-9-29(30)21-37(38)45(43)58(47)53(57(44)46,59(48)50)60(49)51/h1-26H/q+1/p+1. The Morgan fingerprint density at radius 1 is 0.500 bits per heavy atom. The molecule has 1 unspecified atom stereocenters. The van der Waals surface area contributed by atoms with Crippen molar-refractivity contribution in [2.45, 2.75) is 5.91 Å². The van der Waals surface area contributed by atoms with Crippen LogP contribution in [0.2, 0.25) is 0 Å². The zero-order valence-corrected chi connectivity index (χ0v) is 32.5. The van der Waals surface area contributed by atoms with Crippen LogP contribution in [0, 0.1) is 0 Å². The summed E-state index contributed by atoms with van der Waals surface area (Å²) in [6.07, 6.45) is 0. The van der Waals surface area contributed by atoms with Gasteiger partial charge in [-0.05, 0) is 104 Å². The molecule has 8 heterocycles. The quantitative estimate of drug-likeness (QED) is 0.178. The van der Waals surface area contributed by atoms with Gasteiger partial charge in [-0.1, -0.05) is 107 Å². The van der Waals surface area contributed by atoms with Crippen molar-refractivity contribution in [3.05, 3.63) is 202 Å². The lowest BCUT2D eigenvalue weighted by molar-refractivity contribution is -0.789. The van der Waals surface area contributed by atoms with Gasteiger partial charge in [0.25, 0.3) is 17.5 Å². The lowest BCUT2D eigenvalue weighted by Gasteiger charge is -2.41. The number of carbonyl (C=O) groups is 1. The average molecular weight is 794 g/mol. The summed E-state index contributed by atoms with van der Waals surface area (Å²) in [5.74, 6) is 2.06. The second-order valence-electron chi connectivity index (χ2n) is 17.0. The van der Waals surface area contributed by atoms with Gasteiger partial charge in [0, 0.05) is 21.7 Å². The molecule has 0 fully saturated rings. The summed E-state index contributed by atoms with van der Waals surface area (Å²) in [6.45, 7) is 0. The van der Waals surface area contributed by atoms with Gasteiger partial charge in [0.15, 0.2) is 5.71 Å². The fourth-order valence-electron chi connectivity index (χ4n) is 11.5. The molecule has 0 radical (unpaired) electrons. The van der Waals surface area contributed by atoms with Crippen molar-refractivity contribution in [2.24, 2.45) is 15.0 Å². The van der Waals surface area contributed by atoms with E-state index < -0.39 is 11.9 Å². The third kappa shape index (κ3) is 3.36. The first kappa shape index (κ1) is 31.4. The first-order chi connectivity index (χ1) is 30.6. The van der Waals surface area contributed by atoms with Crippen LogP contribution in [-0.2, 0) is 5.91 Å². The summed E-state index contributed by atoms with van der Waals surface area (Å²) in [4.78, 5) is 29.6. The largest absolute Gasteiger partial charge is 0.478 e. The molecule has 62 heavy (non-hydrogen) atoms. The van der Waals surface area contributed by atoms with Gasteiger partial charge >= 0.3 is 17.7 Å². The molecule has 6 aliphatic rings. The summed E-state index contributed by atoms with van der Waals surface area (Å²) in [6, 6.07) is 55.2. The molecule has 1 spiro atoms. The predicted octanol–water partition coefficient (Wildman–Crippen LogP) is 8.49. The summed E-state index contributed by atoms with van der Waals surface area (Å²) in [5.41, 5.74) is 8.09. The number of rotatable bonds is 2. The lowest BCUT2D eigenvalue weighted by atomic mass is 9.92. The van der Waals surface area contributed by atoms with Gasteiger partial charge in [0.1, 0.15) is 0 Å². The lowest BCUT2D eigenvalue weighted by Crippen LogP contribution is -2.72. The first-order valence-corrected chi connectivity index (χ1v) is 20.8. The highest BCUT2D eigenvalue weighted by molar-refractivity contribution is 6.36. The van der Waals surface area contributed by atoms with Crippen LogP contribution in [-0.4, -0.2) is 52.6 Å². The minimum absolute atomic E-state index is 0.233. The Balaban J connectivity index is 1.21. The van der Waals surface area contributed by atoms with E-state index in [1.807, 2.05) is 12.1 Å². The smallest absolute Gasteiger partial charge is 0.423 e. The number of benzene rings is 8. The Labute approximate surface area is 350 Å². The predicted molar refractivity (Wildman–Crippen MR) is 240 cm³/mol. The molecule has 6 aliphatic heterocycles. The van der Waals surface area contributed by atoms with Crippen LogP contribution in [0.1, 0.15) is 38.2 Å². The Kier molecular flexibility index (Phi) is 5.18. The number of aromatic nitrogens is 2. The minimum atomic E-state index is -1.15. The van der Waals surface area contributed by atoms with Gasteiger partial charge in [0.2, 0.25) is 11.3 Å². The Hall–Kier alpha value is -8.56. The molecule has 1 atom stereocenters. The van der Waals surface area contributed by atoms with Crippen molar-refractivity contribution >= 4 is 100 Å². The van der Waals surface area contributed by atoms with Crippen molar-refractivity contribution in [2.75, 3.05) is 0 Å². The zero-order chi connectivity index (χ0) is 40.3. The molecule has 10 aromatic rings. The van der Waals surface area contributed by atoms with Crippen molar-refractivity contribution in [3.63, 3.8) is 0 Å². The number of nitrogens with zero attached hydrogens (tertiary/aromatic N) is 7. The maximum atomic E-state index is 12.3. The van der Waals surface area contributed by atoms with Crippen LogP contribution < -0.4 is 10.8 Å². The number of fused-ring (bicyclic) bond motifs is 15. The third-order valence-electron chi connectivity index (χ3n) is 14.0. The minimum Gasteiger partial charge on any atom is -0.478 e. The van der Waals surface area contributed by atoms with Gasteiger partial charge in [-0.25, -0.2) is 9.36 Å². The number of amidine groups is 3. The summed E-state index contributed by atoms with van der Waals surface area (Å²) in [5, 5.41) is 22.0. The molecule has 0 saturated carbocycles. The molecule has 16 rings (SSSR count). The molecule has 0 bridgehead atoms. The Bertz CT molecular complexity index is 4240. The van der Waals surface area contributed by atoms with Gasteiger partial charge in [-0.3, -0.25) is 0 Å². The number of aliphatic imine (C=N–C) groups is 2. The van der Waals surface area contributed by atoms with E-state index in [0.29, 0.717) is 0 Å². The monoisotopic (exact) mass is 793 g/mol. The van der Waals surface area contributed by atoms with Crippen LogP contribution in [0.4, 0.5) is 11.6 Å². The van der Waals surface area contributed by atoms with E-state index in [0.717, 1.165) is 133 Å². The van der Waals surface area contributed by atoms with E-state index in [9.17, 15) is 9.90 Å². The molecular formula is C53H27N7O2+2. The average Bonchev–Trinajstić information content (AvgIpc) is 4.02. The number of hydrogen-bond donors (Lipinski definition) is 1. The number of carboxylic acids is 1.